The van der Waals surface area contributed by atoms with Crippen molar-refractivity contribution in [1.29, 1.82) is 0 Å². The van der Waals surface area contributed by atoms with Crippen molar-refractivity contribution < 1.29 is 14.3 Å². The first-order chi connectivity index (χ1) is 9.25. The van der Waals surface area contributed by atoms with E-state index in [4.69, 9.17) is 9.52 Å². The molecule has 0 fully saturated rings. The number of rotatable bonds is 5. The molecule has 0 saturated carbocycles. The molecular weight excluding hydrogens is 242 g/mol. The van der Waals surface area contributed by atoms with Crippen LogP contribution in [0, 0.1) is 0 Å². The van der Waals surface area contributed by atoms with Gasteiger partial charge in [0.05, 0.1) is 12.8 Å². The predicted octanol–water partition coefficient (Wildman–Crippen LogP) is 2.41. The van der Waals surface area contributed by atoms with Gasteiger partial charge in [-0.3, -0.25) is 0 Å². The monoisotopic (exact) mass is 257 g/mol. The minimum absolute atomic E-state index is 0.238. The number of nitrogens with one attached hydrogen (secondary N) is 1. The third-order valence-corrected chi connectivity index (χ3v) is 3.61. The molecule has 0 saturated heterocycles. The number of hydrogen-bond acceptors (Lipinski definition) is 3. The second-order valence-electron chi connectivity index (χ2n) is 4.79. The second-order valence-corrected chi connectivity index (χ2v) is 4.79. The fourth-order valence-corrected chi connectivity index (χ4v) is 2.57. The Hall–Kier alpha value is -2.07. The molecule has 3 rings (SSSR count). The molecule has 0 aliphatic heterocycles. The lowest BCUT2D eigenvalue weighted by molar-refractivity contribution is 0.0694. The largest absolute Gasteiger partial charge is 0.478 e. The summed E-state index contributed by atoms with van der Waals surface area (Å²) in [6, 6.07) is 9.91. The van der Waals surface area contributed by atoms with Gasteiger partial charge in [0.1, 0.15) is 11.3 Å². The number of carboxylic acid groups (broad SMARTS) is 1. The summed E-state index contributed by atoms with van der Waals surface area (Å²) in [5, 5.41) is 12.2. The highest BCUT2D eigenvalue weighted by molar-refractivity contribution is 5.88. The molecule has 98 valence electrons. The van der Waals surface area contributed by atoms with Gasteiger partial charge < -0.3 is 14.8 Å². The molecule has 1 atom stereocenters. The Morgan fingerprint density at radius 2 is 2.21 bits per heavy atom. The summed E-state index contributed by atoms with van der Waals surface area (Å²) in [6.07, 6.45) is 2.51. The van der Waals surface area contributed by atoms with Crippen LogP contribution >= 0.6 is 0 Å². The van der Waals surface area contributed by atoms with E-state index in [0.29, 0.717) is 18.2 Å². The Labute approximate surface area is 111 Å². The topological polar surface area (TPSA) is 62.5 Å². The van der Waals surface area contributed by atoms with Gasteiger partial charge in [-0.1, -0.05) is 24.3 Å². The van der Waals surface area contributed by atoms with Crippen molar-refractivity contribution >= 4 is 5.97 Å². The number of fused-ring (bicyclic) bond motifs is 1. The van der Waals surface area contributed by atoms with Crippen LogP contribution in [0.2, 0.25) is 0 Å². The summed E-state index contributed by atoms with van der Waals surface area (Å²) in [6.45, 7) is 1.30. The normalized spacial score (nSPS) is 16.7. The maximum atomic E-state index is 10.9. The zero-order chi connectivity index (χ0) is 13.2. The number of carbonyl (C=O) groups is 1. The molecule has 4 nitrogen and oxygen atoms in total. The lowest BCUT2D eigenvalue weighted by atomic mass is 9.77. The van der Waals surface area contributed by atoms with Gasteiger partial charge in [-0.25, -0.2) is 4.79 Å². The summed E-state index contributed by atoms with van der Waals surface area (Å²) in [4.78, 5) is 10.9. The van der Waals surface area contributed by atoms with E-state index in [9.17, 15) is 4.79 Å². The van der Waals surface area contributed by atoms with E-state index in [-0.39, 0.29) is 5.56 Å². The first-order valence-corrected chi connectivity index (χ1v) is 6.34. The average Bonchev–Trinajstić information content (AvgIpc) is 2.83. The molecule has 1 heterocycles. The van der Waals surface area contributed by atoms with Crippen LogP contribution in [0.25, 0.3) is 0 Å². The van der Waals surface area contributed by atoms with Crippen molar-refractivity contribution in [3.8, 4) is 0 Å². The summed E-state index contributed by atoms with van der Waals surface area (Å²) in [7, 11) is 0. The van der Waals surface area contributed by atoms with Crippen LogP contribution in [0.4, 0.5) is 0 Å². The fraction of sp³-hybridized carbons (Fsp3) is 0.267. The molecule has 1 aliphatic rings. The molecule has 2 aromatic rings. The summed E-state index contributed by atoms with van der Waals surface area (Å²) >= 11 is 0. The highest BCUT2D eigenvalue weighted by atomic mass is 16.4. The van der Waals surface area contributed by atoms with Gasteiger partial charge in [0.15, 0.2) is 0 Å². The van der Waals surface area contributed by atoms with Crippen molar-refractivity contribution in [2.75, 3.05) is 6.54 Å². The zero-order valence-corrected chi connectivity index (χ0v) is 10.4. The lowest BCUT2D eigenvalue weighted by Gasteiger charge is -2.30. The van der Waals surface area contributed by atoms with Gasteiger partial charge in [-0.2, -0.15) is 0 Å². The van der Waals surface area contributed by atoms with Crippen LogP contribution in [0.5, 0.6) is 0 Å². The summed E-state index contributed by atoms with van der Waals surface area (Å²) in [5.41, 5.74) is 3.05. The molecule has 1 aromatic carbocycles. The van der Waals surface area contributed by atoms with Crippen molar-refractivity contribution in [1.82, 2.24) is 5.32 Å². The van der Waals surface area contributed by atoms with E-state index in [1.165, 1.54) is 23.5 Å². The molecule has 1 aromatic heterocycles. The van der Waals surface area contributed by atoms with Gasteiger partial charge in [-0.05, 0) is 23.6 Å². The van der Waals surface area contributed by atoms with Crippen LogP contribution in [0.1, 0.15) is 33.2 Å². The highest BCUT2D eigenvalue weighted by Gasteiger charge is 2.24. The molecule has 0 radical (unpaired) electrons. The molecule has 0 amide bonds. The second kappa shape index (κ2) is 4.90. The third kappa shape index (κ3) is 2.27. The van der Waals surface area contributed by atoms with E-state index < -0.39 is 5.97 Å². The standard InChI is InChI=1S/C15H15NO3/c17-15(18)13-5-6-19-14(13)9-16-8-11-7-10-3-1-2-4-12(10)11/h1-6,11,16H,7-9H2,(H,17,18). The van der Waals surface area contributed by atoms with Crippen LogP contribution in [-0.4, -0.2) is 17.6 Å². The van der Waals surface area contributed by atoms with Crippen LogP contribution in [0.15, 0.2) is 41.0 Å². The molecule has 4 heteroatoms. The predicted molar refractivity (Wildman–Crippen MR) is 70.3 cm³/mol. The lowest BCUT2D eigenvalue weighted by Crippen LogP contribution is -2.29. The maximum Gasteiger partial charge on any atom is 0.339 e. The molecular formula is C15H15NO3. The molecule has 19 heavy (non-hydrogen) atoms. The van der Waals surface area contributed by atoms with E-state index in [0.717, 1.165) is 13.0 Å². The van der Waals surface area contributed by atoms with Crippen molar-refractivity contribution in [2.45, 2.75) is 18.9 Å². The summed E-state index contributed by atoms with van der Waals surface area (Å²) in [5.74, 6) is 0.0686. The van der Waals surface area contributed by atoms with Gasteiger partial charge in [-0.15, -0.1) is 0 Å². The Morgan fingerprint density at radius 3 is 3.00 bits per heavy atom. The van der Waals surface area contributed by atoms with Gasteiger partial charge in [0, 0.05) is 12.5 Å². The number of hydrogen-bond donors (Lipinski definition) is 2. The van der Waals surface area contributed by atoms with Gasteiger partial charge >= 0.3 is 5.97 Å². The van der Waals surface area contributed by atoms with Crippen molar-refractivity contribution in [3.05, 3.63) is 59.0 Å². The van der Waals surface area contributed by atoms with Gasteiger partial charge in [0.2, 0.25) is 0 Å². The minimum Gasteiger partial charge on any atom is -0.478 e. The third-order valence-electron chi connectivity index (χ3n) is 3.61. The van der Waals surface area contributed by atoms with E-state index >= 15 is 0 Å². The Morgan fingerprint density at radius 1 is 1.37 bits per heavy atom. The number of carboxylic acids is 1. The molecule has 1 unspecified atom stereocenters. The Balaban J connectivity index is 1.55. The van der Waals surface area contributed by atoms with Crippen molar-refractivity contribution in [2.24, 2.45) is 0 Å². The van der Waals surface area contributed by atoms with Gasteiger partial charge in [0.25, 0.3) is 0 Å². The average molecular weight is 257 g/mol. The first kappa shape index (κ1) is 12.0. The first-order valence-electron chi connectivity index (χ1n) is 6.34. The van der Waals surface area contributed by atoms with E-state index in [1.54, 1.807) is 0 Å². The van der Waals surface area contributed by atoms with E-state index in [1.807, 2.05) is 0 Å². The van der Waals surface area contributed by atoms with Crippen molar-refractivity contribution in [3.63, 3.8) is 0 Å². The SMILES string of the molecule is O=C(O)c1ccoc1CNCC1Cc2ccccc21. The number of aromatic carboxylic acids is 1. The fourth-order valence-electron chi connectivity index (χ4n) is 2.57. The Kier molecular flexibility index (Phi) is 3.09. The maximum absolute atomic E-state index is 10.9. The molecule has 0 bridgehead atoms. The Bertz CT molecular complexity index is 603. The molecule has 0 spiro atoms. The summed E-state index contributed by atoms with van der Waals surface area (Å²) < 4.78 is 5.19. The quantitative estimate of drug-likeness (QED) is 0.863. The van der Waals surface area contributed by atoms with Crippen LogP contribution < -0.4 is 5.32 Å². The number of furan rings is 1. The smallest absolute Gasteiger partial charge is 0.339 e. The molecule has 2 N–H and O–H groups in total. The van der Waals surface area contributed by atoms with Crippen LogP contribution in [0.3, 0.4) is 0 Å². The van der Waals surface area contributed by atoms with E-state index in [2.05, 4.69) is 29.6 Å². The molecule has 1 aliphatic carbocycles. The minimum atomic E-state index is -0.945. The number of benzene rings is 1. The highest BCUT2D eigenvalue weighted by Crippen LogP contribution is 2.34. The van der Waals surface area contributed by atoms with Crippen LogP contribution in [-0.2, 0) is 13.0 Å². The zero-order valence-electron chi connectivity index (χ0n) is 10.4.